The summed E-state index contributed by atoms with van der Waals surface area (Å²) in [7, 11) is 0. The molecule has 0 aromatic carbocycles. The molecule has 82 valence electrons. The van der Waals surface area contributed by atoms with E-state index in [1.165, 1.54) is 0 Å². The summed E-state index contributed by atoms with van der Waals surface area (Å²) in [6.07, 6.45) is -0.333. The van der Waals surface area contributed by atoms with Crippen LogP contribution in [0, 0.1) is 0 Å². The van der Waals surface area contributed by atoms with Gasteiger partial charge in [-0.25, -0.2) is 4.79 Å². The fraction of sp³-hybridized carbons (Fsp3) is 0.727. The average Bonchev–Trinajstić information content (AvgIpc) is 1.78. The average molecular weight is 199 g/mol. The van der Waals surface area contributed by atoms with Crippen LogP contribution in [0.3, 0.4) is 0 Å². The molecule has 0 heterocycles. The first-order chi connectivity index (χ1) is 6.15. The molecular formula is C11H21NO2. The van der Waals surface area contributed by atoms with Gasteiger partial charge in [-0.2, -0.15) is 0 Å². The van der Waals surface area contributed by atoms with Crippen molar-refractivity contribution in [2.75, 3.05) is 0 Å². The molecule has 0 rings (SSSR count). The highest BCUT2D eigenvalue weighted by Gasteiger charge is 2.24. The van der Waals surface area contributed by atoms with Gasteiger partial charge in [0.05, 0.1) is 0 Å². The van der Waals surface area contributed by atoms with Gasteiger partial charge in [0, 0.05) is 11.7 Å². The first-order valence-electron chi connectivity index (χ1n) is 4.83. The predicted octanol–water partition coefficient (Wildman–Crippen LogP) is 3.17. The molecule has 1 amide bonds. The largest absolute Gasteiger partial charge is 0.443 e. The van der Waals surface area contributed by atoms with Gasteiger partial charge in [-0.3, -0.25) is 4.90 Å². The maximum Gasteiger partial charge on any atom is 0.414 e. The Bertz CT molecular complexity index is 226. The van der Waals surface area contributed by atoms with Crippen molar-refractivity contribution in [3.8, 4) is 0 Å². The molecule has 3 nitrogen and oxygen atoms in total. The van der Waals surface area contributed by atoms with Crippen LogP contribution in [0.15, 0.2) is 12.3 Å². The molecule has 0 saturated carbocycles. The van der Waals surface area contributed by atoms with E-state index in [1.807, 2.05) is 34.6 Å². The number of nitrogens with zero attached hydrogens (tertiary/aromatic N) is 1. The molecule has 0 aliphatic rings. The Morgan fingerprint density at radius 3 is 2.00 bits per heavy atom. The fourth-order valence-electron chi connectivity index (χ4n) is 1.12. The summed E-state index contributed by atoms with van der Waals surface area (Å²) in [6, 6.07) is 0.0716. The Labute approximate surface area is 86.7 Å². The highest BCUT2D eigenvalue weighted by Crippen LogP contribution is 2.15. The van der Waals surface area contributed by atoms with Gasteiger partial charge < -0.3 is 4.74 Å². The van der Waals surface area contributed by atoms with Gasteiger partial charge in [-0.1, -0.05) is 6.58 Å². The van der Waals surface area contributed by atoms with Crippen molar-refractivity contribution in [1.29, 1.82) is 0 Å². The molecule has 0 spiro atoms. The minimum absolute atomic E-state index is 0.0716. The van der Waals surface area contributed by atoms with E-state index in [0.29, 0.717) is 5.70 Å². The Kier molecular flexibility index (Phi) is 4.17. The van der Waals surface area contributed by atoms with Crippen LogP contribution in [0.1, 0.15) is 41.5 Å². The van der Waals surface area contributed by atoms with E-state index in [-0.39, 0.29) is 12.1 Å². The molecule has 0 aromatic rings. The Hall–Kier alpha value is -0.990. The number of hydrogen-bond acceptors (Lipinski definition) is 2. The van der Waals surface area contributed by atoms with Crippen LogP contribution in [0.5, 0.6) is 0 Å². The van der Waals surface area contributed by atoms with Gasteiger partial charge in [-0.15, -0.1) is 0 Å². The Balaban J connectivity index is 4.55. The maximum atomic E-state index is 11.7. The molecule has 0 atom stereocenters. The van der Waals surface area contributed by atoms with E-state index in [0.717, 1.165) is 0 Å². The standard InChI is InChI=1S/C11H21NO2/c1-8(2)12(9(3)4)10(13)14-11(5,6)7/h9H,1H2,2-7H3. The summed E-state index contributed by atoms with van der Waals surface area (Å²) in [6.45, 7) is 15.0. The molecule has 0 fully saturated rings. The van der Waals surface area contributed by atoms with Gasteiger partial charge in [-0.05, 0) is 41.5 Å². The minimum atomic E-state index is -0.459. The van der Waals surface area contributed by atoms with Crippen molar-refractivity contribution < 1.29 is 9.53 Å². The van der Waals surface area contributed by atoms with Crippen molar-refractivity contribution in [1.82, 2.24) is 4.90 Å². The zero-order valence-corrected chi connectivity index (χ0v) is 10.0. The first kappa shape index (κ1) is 13.0. The lowest BCUT2D eigenvalue weighted by Crippen LogP contribution is -2.39. The van der Waals surface area contributed by atoms with E-state index in [1.54, 1.807) is 11.8 Å². The van der Waals surface area contributed by atoms with Crippen LogP contribution < -0.4 is 0 Å². The number of carbonyl (C=O) groups is 1. The van der Waals surface area contributed by atoms with Crippen molar-refractivity contribution in [2.24, 2.45) is 0 Å². The number of carbonyl (C=O) groups excluding carboxylic acids is 1. The van der Waals surface area contributed by atoms with E-state index >= 15 is 0 Å². The summed E-state index contributed by atoms with van der Waals surface area (Å²) in [5.41, 5.74) is 0.244. The highest BCUT2D eigenvalue weighted by molar-refractivity contribution is 5.70. The van der Waals surface area contributed by atoms with Crippen LogP contribution in [0.2, 0.25) is 0 Å². The Morgan fingerprint density at radius 1 is 1.36 bits per heavy atom. The summed E-state index contributed by atoms with van der Waals surface area (Å²) >= 11 is 0. The van der Waals surface area contributed by atoms with E-state index < -0.39 is 5.60 Å². The third-order valence-electron chi connectivity index (χ3n) is 1.52. The summed E-state index contributed by atoms with van der Waals surface area (Å²) in [4.78, 5) is 13.2. The molecule has 0 unspecified atom stereocenters. The molecule has 0 bridgehead atoms. The van der Waals surface area contributed by atoms with Crippen LogP contribution >= 0.6 is 0 Å². The summed E-state index contributed by atoms with van der Waals surface area (Å²) < 4.78 is 5.25. The second kappa shape index (κ2) is 4.49. The maximum absolute atomic E-state index is 11.7. The third-order valence-corrected chi connectivity index (χ3v) is 1.52. The molecule has 3 heteroatoms. The normalized spacial score (nSPS) is 11.4. The van der Waals surface area contributed by atoms with Crippen molar-refractivity contribution in [2.45, 2.75) is 53.2 Å². The molecule has 14 heavy (non-hydrogen) atoms. The SMILES string of the molecule is C=C(C)N(C(=O)OC(C)(C)C)C(C)C. The monoisotopic (exact) mass is 199 g/mol. The number of allylic oxidation sites excluding steroid dienone is 1. The zero-order valence-electron chi connectivity index (χ0n) is 10.0. The van der Waals surface area contributed by atoms with E-state index in [9.17, 15) is 4.79 Å². The molecule has 0 saturated heterocycles. The molecular weight excluding hydrogens is 178 g/mol. The zero-order chi connectivity index (χ0) is 11.5. The lowest BCUT2D eigenvalue weighted by atomic mass is 10.2. The van der Waals surface area contributed by atoms with Crippen LogP contribution in [-0.2, 0) is 4.74 Å². The van der Waals surface area contributed by atoms with Gasteiger partial charge in [0.1, 0.15) is 5.60 Å². The van der Waals surface area contributed by atoms with Crippen LogP contribution in [0.25, 0.3) is 0 Å². The van der Waals surface area contributed by atoms with Gasteiger partial charge in [0.2, 0.25) is 0 Å². The lowest BCUT2D eigenvalue weighted by molar-refractivity contribution is 0.0268. The van der Waals surface area contributed by atoms with Gasteiger partial charge >= 0.3 is 6.09 Å². The van der Waals surface area contributed by atoms with Gasteiger partial charge in [0.25, 0.3) is 0 Å². The molecule has 0 aliphatic carbocycles. The summed E-state index contributed by atoms with van der Waals surface area (Å²) in [5, 5.41) is 0. The van der Waals surface area contributed by atoms with E-state index in [2.05, 4.69) is 6.58 Å². The van der Waals surface area contributed by atoms with Gasteiger partial charge in [0.15, 0.2) is 0 Å². The quantitative estimate of drug-likeness (QED) is 0.683. The summed E-state index contributed by atoms with van der Waals surface area (Å²) in [5.74, 6) is 0. The fourth-order valence-corrected chi connectivity index (χ4v) is 1.12. The second-order valence-electron chi connectivity index (χ2n) is 4.68. The van der Waals surface area contributed by atoms with E-state index in [4.69, 9.17) is 4.74 Å². The van der Waals surface area contributed by atoms with Crippen molar-refractivity contribution >= 4 is 6.09 Å². The topological polar surface area (TPSA) is 29.5 Å². The molecule has 0 radical (unpaired) electrons. The Morgan fingerprint density at radius 2 is 1.79 bits per heavy atom. The number of hydrogen-bond donors (Lipinski definition) is 0. The second-order valence-corrected chi connectivity index (χ2v) is 4.68. The van der Waals surface area contributed by atoms with Crippen molar-refractivity contribution in [3.63, 3.8) is 0 Å². The van der Waals surface area contributed by atoms with Crippen LogP contribution in [0.4, 0.5) is 4.79 Å². The number of amides is 1. The van der Waals surface area contributed by atoms with Crippen molar-refractivity contribution in [3.05, 3.63) is 12.3 Å². The lowest BCUT2D eigenvalue weighted by Gasteiger charge is -2.30. The molecule has 0 aliphatic heterocycles. The first-order valence-corrected chi connectivity index (χ1v) is 4.83. The van der Waals surface area contributed by atoms with Crippen LogP contribution in [-0.4, -0.2) is 22.6 Å². The smallest absolute Gasteiger partial charge is 0.414 e. The molecule has 0 aromatic heterocycles. The number of rotatable bonds is 2. The third kappa shape index (κ3) is 4.30. The number of ether oxygens (including phenoxy) is 1. The molecule has 0 N–H and O–H groups in total. The minimum Gasteiger partial charge on any atom is -0.443 e. The highest BCUT2D eigenvalue weighted by atomic mass is 16.6. The predicted molar refractivity (Wildman–Crippen MR) is 58.0 cm³/mol.